The molecule has 0 saturated carbocycles. The molecule has 9 nitrogen and oxygen atoms in total. The number of primary amides is 1. The lowest BCUT2D eigenvalue weighted by Gasteiger charge is -2.40. The van der Waals surface area contributed by atoms with Crippen molar-refractivity contribution in [1.82, 2.24) is 19.6 Å². The summed E-state index contributed by atoms with van der Waals surface area (Å²) in [7, 11) is 0. The Hall–Kier alpha value is -4.25. The lowest BCUT2D eigenvalue weighted by molar-refractivity contribution is -0.128. The summed E-state index contributed by atoms with van der Waals surface area (Å²) in [5, 5.41) is 8.06. The second-order valence-corrected chi connectivity index (χ2v) is 8.88. The number of piperazine rings is 1. The highest BCUT2D eigenvalue weighted by Gasteiger charge is 2.35. The summed E-state index contributed by atoms with van der Waals surface area (Å²) in [6.07, 6.45) is 2.11. The monoisotopic (exact) mass is 508 g/mol. The van der Waals surface area contributed by atoms with Crippen LogP contribution in [0.15, 0.2) is 55.1 Å². The van der Waals surface area contributed by atoms with Gasteiger partial charge in [0.05, 0.1) is 17.4 Å². The molecule has 0 spiro atoms. The third-order valence-electron chi connectivity index (χ3n) is 6.58. The molecule has 5 rings (SSSR count). The second kappa shape index (κ2) is 10.0. The van der Waals surface area contributed by atoms with E-state index in [2.05, 4.69) is 16.8 Å². The molecular formula is C26H26F2N6O3. The van der Waals surface area contributed by atoms with Gasteiger partial charge in [0.25, 0.3) is 5.91 Å². The molecule has 0 aliphatic carbocycles. The molecule has 0 bridgehead atoms. The number of ether oxygens (including phenoxy) is 1. The van der Waals surface area contributed by atoms with E-state index in [4.69, 9.17) is 15.6 Å². The summed E-state index contributed by atoms with van der Waals surface area (Å²) in [5.41, 5.74) is 7.90. The summed E-state index contributed by atoms with van der Waals surface area (Å²) >= 11 is 0. The minimum absolute atomic E-state index is 0.0274. The summed E-state index contributed by atoms with van der Waals surface area (Å²) in [4.78, 5) is 28.5. The Morgan fingerprint density at radius 1 is 1.05 bits per heavy atom. The van der Waals surface area contributed by atoms with E-state index in [1.165, 1.54) is 10.8 Å². The number of hydrogen-bond donors (Lipinski definition) is 2. The molecular weight excluding hydrogens is 482 g/mol. The fraction of sp³-hybridized carbons (Fsp3) is 0.269. The van der Waals surface area contributed by atoms with Crippen molar-refractivity contribution in [3.63, 3.8) is 0 Å². The highest BCUT2D eigenvalue weighted by atomic mass is 19.1. The zero-order valence-corrected chi connectivity index (χ0v) is 20.0. The fourth-order valence-corrected chi connectivity index (χ4v) is 4.85. The average molecular weight is 509 g/mol. The van der Waals surface area contributed by atoms with Gasteiger partial charge in [0.15, 0.2) is 5.69 Å². The summed E-state index contributed by atoms with van der Waals surface area (Å²) in [5.74, 6) is -1.81. The number of rotatable bonds is 6. The number of aromatic nitrogens is 2. The summed E-state index contributed by atoms with van der Waals surface area (Å²) in [6, 6.07) is 9.50. The maximum Gasteiger partial charge on any atom is 0.269 e. The first-order valence-electron chi connectivity index (χ1n) is 11.9. The Morgan fingerprint density at radius 2 is 1.73 bits per heavy atom. The van der Waals surface area contributed by atoms with Crippen LogP contribution < -0.4 is 15.8 Å². The smallest absolute Gasteiger partial charge is 0.269 e. The van der Waals surface area contributed by atoms with Crippen molar-refractivity contribution < 1.29 is 23.1 Å². The summed E-state index contributed by atoms with van der Waals surface area (Å²) in [6.45, 7) is 6.73. The molecule has 2 aliphatic rings. The van der Waals surface area contributed by atoms with E-state index in [1.54, 1.807) is 29.2 Å². The van der Waals surface area contributed by atoms with E-state index in [9.17, 15) is 18.4 Å². The van der Waals surface area contributed by atoms with Gasteiger partial charge in [-0.25, -0.2) is 13.5 Å². The number of nitrogens with one attached hydrogen (secondary N) is 1. The van der Waals surface area contributed by atoms with Gasteiger partial charge < -0.3 is 20.7 Å². The van der Waals surface area contributed by atoms with E-state index in [0.29, 0.717) is 49.8 Å². The average Bonchev–Trinajstić information content (AvgIpc) is 3.28. The van der Waals surface area contributed by atoms with Gasteiger partial charge >= 0.3 is 0 Å². The predicted octanol–water partition coefficient (Wildman–Crippen LogP) is 3.23. The first-order chi connectivity index (χ1) is 17.8. The zero-order chi connectivity index (χ0) is 26.1. The molecule has 1 aromatic heterocycles. The lowest BCUT2D eigenvalue weighted by atomic mass is 10.0. The molecule has 192 valence electrons. The van der Waals surface area contributed by atoms with Gasteiger partial charge in [-0.3, -0.25) is 14.5 Å². The third-order valence-corrected chi connectivity index (χ3v) is 6.58. The van der Waals surface area contributed by atoms with E-state index in [1.807, 2.05) is 0 Å². The summed E-state index contributed by atoms with van der Waals surface area (Å²) < 4.78 is 34.0. The molecule has 1 atom stereocenters. The van der Waals surface area contributed by atoms with Crippen molar-refractivity contribution in [1.29, 1.82) is 0 Å². The first kappa shape index (κ1) is 24.4. The van der Waals surface area contributed by atoms with Crippen LogP contribution in [0.3, 0.4) is 0 Å². The number of halogens is 2. The number of amides is 2. The van der Waals surface area contributed by atoms with Crippen molar-refractivity contribution >= 4 is 17.5 Å². The van der Waals surface area contributed by atoms with Gasteiger partial charge in [0, 0.05) is 50.9 Å². The van der Waals surface area contributed by atoms with Crippen LogP contribution in [0.1, 0.15) is 28.6 Å². The molecule has 3 heterocycles. The van der Waals surface area contributed by atoms with Crippen LogP contribution in [0.5, 0.6) is 11.5 Å². The van der Waals surface area contributed by atoms with E-state index in [0.717, 1.165) is 30.3 Å². The van der Waals surface area contributed by atoms with Crippen molar-refractivity contribution in [2.45, 2.75) is 12.5 Å². The minimum atomic E-state index is -0.740. The minimum Gasteiger partial charge on any atom is -0.457 e. The number of nitrogens with two attached hydrogens (primary N) is 1. The SMILES string of the molecule is C=CC(=O)N1CCN([C@H]2CCNc3c2nn(-c2ccc(Oc4cc(F)cc(F)c4)cc2)c3C(N)=O)CC1. The number of carbonyl (C=O) groups is 2. The van der Waals surface area contributed by atoms with Gasteiger partial charge in [0.1, 0.15) is 28.8 Å². The Balaban J connectivity index is 1.41. The quantitative estimate of drug-likeness (QED) is 0.496. The number of carbonyl (C=O) groups excluding carboxylic acids is 2. The van der Waals surface area contributed by atoms with Crippen LogP contribution in [0.2, 0.25) is 0 Å². The topological polar surface area (TPSA) is 106 Å². The molecule has 1 saturated heterocycles. The van der Waals surface area contributed by atoms with Crippen LogP contribution in [0.25, 0.3) is 5.69 Å². The van der Waals surface area contributed by atoms with Gasteiger partial charge in [-0.05, 0) is 36.8 Å². The molecule has 2 aliphatic heterocycles. The van der Waals surface area contributed by atoms with Crippen molar-refractivity contribution in [2.24, 2.45) is 5.73 Å². The third kappa shape index (κ3) is 4.90. The molecule has 2 amide bonds. The molecule has 3 N–H and O–H groups in total. The van der Waals surface area contributed by atoms with E-state index in [-0.39, 0.29) is 23.4 Å². The van der Waals surface area contributed by atoms with Crippen LogP contribution in [0.4, 0.5) is 14.5 Å². The molecule has 1 fully saturated rings. The van der Waals surface area contributed by atoms with Gasteiger partial charge in [0.2, 0.25) is 5.91 Å². The molecule has 3 aromatic rings. The maximum absolute atomic E-state index is 13.5. The second-order valence-electron chi connectivity index (χ2n) is 8.88. The molecule has 2 aromatic carbocycles. The molecule has 11 heteroatoms. The Kier molecular flexibility index (Phi) is 6.62. The molecule has 0 radical (unpaired) electrons. The maximum atomic E-state index is 13.5. The zero-order valence-electron chi connectivity index (χ0n) is 20.0. The van der Waals surface area contributed by atoms with Crippen molar-refractivity contribution in [3.05, 3.63) is 78.1 Å². The van der Waals surface area contributed by atoms with E-state index >= 15 is 0 Å². The molecule has 37 heavy (non-hydrogen) atoms. The lowest BCUT2D eigenvalue weighted by Crippen LogP contribution is -2.50. The van der Waals surface area contributed by atoms with Crippen LogP contribution in [0, 0.1) is 11.6 Å². The highest BCUT2D eigenvalue weighted by molar-refractivity contribution is 5.98. The van der Waals surface area contributed by atoms with E-state index < -0.39 is 17.5 Å². The molecule has 0 unspecified atom stereocenters. The number of anilines is 1. The van der Waals surface area contributed by atoms with Crippen LogP contribution in [-0.4, -0.2) is 64.1 Å². The Labute approximate surface area is 212 Å². The van der Waals surface area contributed by atoms with Crippen LogP contribution in [-0.2, 0) is 4.79 Å². The number of nitrogens with zero attached hydrogens (tertiary/aromatic N) is 4. The van der Waals surface area contributed by atoms with Gasteiger partial charge in [-0.2, -0.15) is 5.10 Å². The Bertz CT molecular complexity index is 1330. The normalized spacial score (nSPS) is 17.6. The van der Waals surface area contributed by atoms with Gasteiger partial charge in [-0.1, -0.05) is 6.58 Å². The van der Waals surface area contributed by atoms with Crippen molar-refractivity contribution in [3.8, 4) is 17.2 Å². The number of benzene rings is 2. The fourth-order valence-electron chi connectivity index (χ4n) is 4.85. The van der Waals surface area contributed by atoms with Crippen LogP contribution >= 0.6 is 0 Å². The first-order valence-corrected chi connectivity index (χ1v) is 11.9. The number of hydrogen-bond acceptors (Lipinski definition) is 6. The number of fused-ring (bicyclic) bond motifs is 1. The highest BCUT2D eigenvalue weighted by Crippen LogP contribution is 2.37. The Morgan fingerprint density at radius 3 is 2.35 bits per heavy atom. The predicted molar refractivity (Wildman–Crippen MR) is 133 cm³/mol. The van der Waals surface area contributed by atoms with Crippen molar-refractivity contribution in [2.75, 3.05) is 38.0 Å². The largest absolute Gasteiger partial charge is 0.457 e. The standard InChI is InChI=1S/C26H26F2N6O3/c1-2-22(35)33-11-9-32(10-12-33)21-7-8-30-24-23(21)31-34(25(24)26(29)36)18-3-5-19(6-4-18)37-20-14-16(27)13-17(28)15-20/h2-6,13-15,21,30H,1,7-12H2,(H2,29,36)/t21-/m0/s1. The van der Waals surface area contributed by atoms with Gasteiger partial charge in [-0.15, -0.1) is 0 Å².